The second kappa shape index (κ2) is 5.15. The van der Waals surface area contributed by atoms with E-state index in [-0.39, 0.29) is 10.8 Å². The zero-order valence-electron chi connectivity index (χ0n) is 10.1. The standard InChI is InChI=1S/C9H8BrN5O2S3/c1-5-12-13-9-15(5)14-7(19-9)4-11-20(16,17)8-3-2-6(10)18-8/h2-3,11H,4H2,1H3. The topological polar surface area (TPSA) is 89.2 Å². The van der Waals surface area contributed by atoms with Gasteiger partial charge in [-0.15, -0.1) is 21.5 Å². The zero-order chi connectivity index (χ0) is 14.3. The van der Waals surface area contributed by atoms with Crippen molar-refractivity contribution in [3.05, 3.63) is 26.8 Å². The Morgan fingerprint density at radius 3 is 2.80 bits per heavy atom. The molecule has 3 aromatic rings. The number of sulfonamides is 1. The predicted molar refractivity (Wildman–Crippen MR) is 79.4 cm³/mol. The normalized spacial score (nSPS) is 12.3. The number of hydrogen-bond acceptors (Lipinski definition) is 7. The van der Waals surface area contributed by atoms with Gasteiger partial charge in [-0.05, 0) is 35.0 Å². The lowest BCUT2D eigenvalue weighted by atomic mass is 10.7. The highest BCUT2D eigenvalue weighted by Crippen LogP contribution is 2.26. The molecule has 0 fully saturated rings. The van der Waals surface area contributed by atoms with E-state index < -0.39 is 10.0 Å². The van der Waals surface area contributed by atoms with Crippen LogP contribution in [0.5, 0.6) is 0 Å². The number of rotatable bonds is 4. The highest BCUT2D eigenvalue weighted by Gasteiger charge is 2.17. The van der Waals surface area contributed by atoms with Gasteiger partial charge in [0.1, 0.15) is 9.22 Å². The van der Waals surface area contributed by atoms with Gasteiger partial charge in [-0.2, -0.15) is 9.61 Å². The largest absolute Gasteiger partial charge is 0.250 e. The van der Waals surface area contributed by atoms with Crippen LogP contribution in [0.2, 0.25) is 0 Å². The Bertz CT molecular complexity index is 865. The monoisotopic (exact) mass is 393 g/mol. The Labute approximate surface area is 130 Å². The quantitative estimate of drug-likeness (QED) is 0.729. The molecule has 0 aromatic carbocycles. The molecule has 3 heterocycles. The maximum Gasteiger partial charge on any atom is 0.250 e. The number of nitrogens with one attached hydrogen (secondary N) is 1. The lowest BCUT2D eigenvalue weighted by molar-refractivity contribution is 0.582. The lowest BCUT2D eigenvalue weighted by Crippen LogP contribution is -2.22. The minimum absolute atomic E-state index is 0.130. The average molecular weight is 394 g/mol. The van der Waals surface area contributed by atoms with E-state index in [1.54, 1.807) is 23.6 Å². The number of nitrogens with zero attached hydrogens (tertiary/aromatic N) is 4. The van der Waals surface area contributed by atoms with Gasteiger partial charge in [0, 0.05) is 0 Å². The van der Waals surface area contributed by atoms with Crippen LogP contribution in [0.15, 0.2) is 20.1 Å². The third-order valence-corrected chi connectivity index (χ3v) is 6.83. The van der Waals surface area contributed by atoms with Gasteiger partial charge in [0.05, 0.1) is 10.3 Å². The van der Waals surface area contributed by atoms with Crippen molar-refractivity contribution in [2.24, 2.45) is 0 Å². The number of fused-ring (bicyclic) bond motifs is 1. The van der Waals surface area contributed by atoms with Crippen molar-refractivity contribution < 1.29 is 8.42 Å². The van der Waals surface area contributed by atoms with Crippen molar-refractivity contribution in [1.29, 1.82) is 0 Å². The van der Waals surface area contributed by atoms with Gasteiger partial charge in [-0.3, -0.25) is 0 Å². The number of hydrogen-bond donors (Lipinski definition) is 1. The first-order valence-corrected chi connectivity index (χ1v) is 9.29. The van der Waals surface area contributed by atoms with Gasteiger partial charge in [0.25, 0.3) is 0 Å². The Hall–Kier alpha value is -0.880. The minimum Gasteiger partial charge on any atom is -0.206 e. The van der Waals surface area contributed by atoms with E-state index in [0.717, 1.165) is 15.1 Å². The molecule has 0 saturated heterocycles. The van der Waals surface area contributed by atoms with E-state index in [1.165, 1.54) is 11.3 Å². The smallest absolute Gasteiger partial charge is 0.206 e. The van der Waals surface area contributed by atoms with Crippen molar-refractivity contribution in [3.8, 4) is 0 Å². The van der Waals surface area contributed by atoms with Gasteiger partial charge in [-0.25, -0.2) is 13.1 Å². The van der Waals surface area contributed by atoms with E-state index >= 15 is 0 Å². The number of aryl methyl sites for hydroxylation is 1. The molecule has 1 N–H and O–H groups in total. The second-order valence-electron chi connectivity index (χ2n) is 3.82. The van der Waals surface area contributed by atoms with Crippen LogP contribution >= 0.6 is 38.6 Å². The summed E-state index contributed by atoms with van der Waals surface area (Å²) < 4.78 is 29.3. The van der Waals surface area contributed by atoms with Crippen LogP contribution in [0.1, 0.15) is 10.8 Å². The average Bonchev–Trinajstić information content (AvgIpc) is 3.06. The van der Waals surface area contributed by atoms with Gasteiger partial charge in [0.2, 0.25) is 15.0 Å². The molecule has 0 saturated carbocycles. The summed E-state index contributed by atoms with van der Waals surface area (Å²) >= 11 is 5.71. The molecular weight excluding hydrogens is 386 g/mol. The molecule has 0 unspecified atom stereocenters. The summed E-state index contributed by atoms with van der Waals surface area (Å²) in [5.41, 5.74) is 0. The maximum absolute atomic E-state index is 12.1. The molecule has 20 heavy (non-hydrogen) atoms. The summed E-state index contributed by atoms with van der Waals surface area (Å²) in [5.74, 6) is 0.674. The third-order valence-electron chi connectivity index (χ3n) is 2.42. The fourth-order valence-corrected chi connectivity index (χ4v) is 5.45. The summed E-state index contributed by atoms with van der Waals surface area (Å²) in [6.45, 7) is 1.92. The first-order valence-electron chi connectivity index (χ1n) is 5.38. The molecule has 106 valence electrons. The van der Waals surface area contributed by atoms with E-state index in [4.69, 9.17) is 0 Å². The van der Waals surface area contributed by atoms with Gasteiger partial charge >= 0.3 is 0 Å². The SMILES string of the molecule is Cc1nnc2sc(CNS(=O)(=O)c3ccc(Br)s3)nn12. The highest BCUT2D eigenvalue weighted by atomic mass is 79.9. The van der Waals surface area contributed by atoms with Crippen LogP contribution < -0.4 is 4.72 Å². The van der Waals surface area contributed by atoms with E-state index in [9.17, 15) is 8.42 Å². The molecule has 11 heteroatoms. The number of thiophene rings is 1. The molecule has 0 bridgehead atoms. The minimum atomic E-state index is -3.51. The van der Waals surface area contributed by atoms with Crippen molar-refractivity contribution in [1.82, 2.24) is 24.5 Å². The summed E-state index contributed by atoms with van der Waals surface area (Å²) in [6.07, 6.45) is 0. The molecule has 0 spiro atoms. The number of halogens is 1. The molecule has 3 aromatic heterocycles. The molecule has 3 rings (SSSR count). The zero-order valence-corrected chi connectivity index (χ0v) is 14.1. The van der Waals surface area contributed by atoms with Crippen LogP contribution in [0.4, 0.5) is 0 Å². The van der Waals surface area contributed by atoms with Crippen molar-refractivity contribution in [3.63, 3.8) is 0 Å². The molecule has 0 aliphatic heterocycles. The van der Waals surface area contributed by atoms with Gasteiger partial charge in [0.15, 0.2) is 5.82 Å². The van der Waals surface area contributed by atoms with Crippen LogP contribution in [0.25, 0.3) is 4.96 Å². The predicted octanol–water partition coefficient (Wildman–Crippen LogP) is 1.80. The fourth-order valence-electron chi connectivity index (χ4n) is 1.50. The van der Waals surface area contributed by atoms with E-state index in [0.29, 0.717) is 15.8 Å². The molecular formula is C9H8BrN5O2S3. The summed E-state index contributed by atoms with van der Waals surface area (Å²) in [4.78, 5) is 0.649. The molecule has 0 radical (unpaired) electrons. The lowest BCUT2D eigenvalue weighted by Gasteiger charge is -2.01. The summed E-state index contributed by atoms with van der Waals surface area (Å²) in [5, 5.41) is 12.7. The van der Waals surface area contributed by atoms with Crippen LogP contribution in [-0.2, 0) is 16.6 Å². The van der Waals surface area contributed by atoms with Crippen LogP contribution in [-0.4, -0.2) is 28.2 Å². The van der Waals surface area contributed by atoms with Gasteiger partial charge in [-0.1, -0.05) is 11.3 Å². The molecule has 0 aliphatic rings. The highest BCUT2D eigenvalue weighted by molar-refractivity contribution is 9.11. The van der Waals surface area contributed by atoms with Crippen LogP contribution in [0, 0.1) is 6.92 Å². The molecule has 7 nitrogen and oxygen atoms in total. The van der Waals surface area contributed by atoms with Crippen LogP contribution in [0.3, 0.4) is 0 Å². The molecule has 0 aliphatic carbocycles. The Balaban J connectivity index is 1.78. The van der Waals surface area contributed by atoms with Crippen molar-refractivity contribution in [2.75, 3.05) is 0 Å². The Morgan fingerprint density at radius 1 is 1.35 bits per heavy atom. The van der Waals surface area contributed by atoms with Crippen molar-refractivity contribution >= 4 is 53.6 Å². The van der Waals surface area contributed by atoms with E-state index in [1.807, 2.05) is 0 Å². The summed E-state index contributed by atoms with van der Waals surface area (Å²) in [7, 11) is -3.51. The molecule has 0 amide bonds. The summed E-state index contributed by atoms with van der Waals surface area (Å²) in [6, 6.07) is 3.26. The fraction of sp³-hybridized carbons (Fsp3) is 0.222. The van der Waals surface area contributed by atoms with Crippen molar-refractivity contribution in [2.45, 2.75) is 17.7 Å². The Kier molecular flexibility index (Phi) is 3.62. The maximum atomic E-state index is 12.1. The second-order valence-corrected chi connectivity index (χ2v) is 9.32. The Morgan fingerprint density at radius 2 is 2.15 bits per heavy atom. The number of aromatic nitrogens is 4. The third kappa shape index (κ3) is 2.63. The first kappa shape index (κ1) is 14.1. The van der Waals surface area contributed by atoms with E-state index in [2.05, 4.69) is 35.9 Å². The molecule has 0 atom stereocenters. The first-order chi connectivity index (χ1) is 9.45. The van der Waals surface area contributed by atoms with Gasteiger partial charge < -0.3 is 0 Å².